The first kappa shape index (κ1) is 21.4. The monoisotopic (exact) mass is 511 g/mol. The fourth-order valence-electron chi connectivity index (χ4n) is 3.82. The van der Waals surface area contributed by atoms with Crippen LogP contribution in [0.15, 0.2) is 38.4 Å². The van der Waals surface area contributed by atoms with Gasteiger partial charge in [-0.1, -0.05) is 31.0 Å². The van der Waals surface area contributed by atoms with E-state index in [-0.39, 0.29) is 5.56 Å². The molecule has 0 fully saturated rings. The minimum absolute atomic E-state index is 0.208. The second-order valence-corrected chi connectivity index (χ2v) is 8.47. The Kier molecular flexibility index (Phi) is 5.99. The first-order valence-corrected chi connectivity index (χ1v) is 11.7. The Hall–Kier alpha value is -3.41. The van der Waals surface area contributed by atoms with Gasteiger partial charge in [0.15, 0.2) is 15.9 Å². The number of aromatic amines is 1. The van der Waals surface area contributed by atoms with Gasteiger partial charge in [0.05, 0.1) is 0 Å². The maximum Gasteiger partial charge on any atom is 0.286 e. The molecule has 0 saturated carbocycles. The molecule has 0 aliphatic rings. The van der Waals surface area contributed by atoms with Crippen LogP contribution in [-0.2, 0) is 19.4 Å². The number of fused-ring (bicyclic) bond motifs is 2. The summed E-state index contributed by atoms with van der Waals surface area (Å²) in [6.07, 6.45) is 6.59. The highest BCUT2D eigenvalue weighted by molar-refractivity contribution is 9.10. The second kappa shape index (κ2) is 9.22. The predicted molar refractivity (Wildman–Crippen MR) is 124 cm³/mol. The third-order valence-corrected chi connectivity index (χ3v) is 5.80. The summed E-state index contributed by atoms with van der Waals surface area (Å²) in [6.45, 7) is 2.86. The van der Waals surface area contributed by atoms with Crippen molar-refractivity contribution in [2.75, 3.05) is 0 Å². The SMILES string of the molecule is CCCCCn1c2nc(Br)[nH]c2c(=O)n2c(CCCc3nc(-c4ccccn4)no3)nnc12. The van der Waals surface area contributed by atoms with Crippen LogP contribution >= 0.6 is 15.9 Å². The van der Waals surface area contributed by atoms with Gasteiger partial charge in [-0.25, -0.2) is 9.38 Å². The van der Waals surface area contributed by atoms with Gasteiger partial charge in [0, 0.05) is 25.6 Å². The predicted octanol–water partition coefficient (Wildman–Crippen LogP) is 3.34. The molecule has 0 atom stereocenters. The van der Waals surface area contributed by atoms with E-state index in [4.69, 9.17) is 4.52 Å². The third-order valence-electron chi connectivity index (χ3n) is 5.42. The van der Waals surface area contributed by atoms with Gasteiger partial charge in [-0.05, 0) is 40.9 Å². The van der Waals surface area contributed by atoms with Crippen LogP contribution in [0.25, 0.3) is 28.5 Å². The van der Waals surface area contributed by atoms with Crippen LogP contribution in [-0.4, -0.2) is 44.3 Å². The number of rotatable bonds is 9. The molecule has 0 bridgehead atoms. The van der Waals surface area contributed by atoms with E-state index in [1.807, 2.05) is 22.8 Å². The summed E-state index contributed by atoms with van der Waals surface area (Å²) in [4.78, 5) is 29.3. The molecule has 0 aliphatic carbocycles. The molecule has 5 aromatic heterocycles. The van der Waals surface area contributed by atoms with Crippen molar-refractivity contribution in [2.24, 2.45) is 0 Å². The lowest BCUT2D eigenvalue weighted by molar-refractivity contribution is 0.375. The lowest BCUT2D eigenvalue weighted by atomic mass is 10.2. The molecular formula is C21H22BrN9O2. The largest absolute Gasteiger partial charge is 0.339 e. The topological polar surface area (TPSA) is 133 Å². The standard InChI is InChI=1S/C21H22BrN9O2/c1-2-3-6-12-30-18-16(25-20(22)26-18)19(32)31-14(27-28-21(30)31)9-7-10-15-24-17(29-33-15)13-8-4-5-11-23-13/h4-5,8,11H,2-3,6-7,9-10,12H2,1H3,(H,25,26). The van der Waals surface area contributed by atoms with Crippen LogP contribution < -0.4 is 5.56 Å². The summed E-state index contributed by atoms with van der Waals surface area (Å²) in [6, 6.07) is 5.54. The van der Waals surface area contributed by atoms with E-state index in [2.05, 4.69) is 58.1 Å². The van der Waals surface area contributed by atoms with Gasteiger partial charge in [0.2, 0.25) is 17.5 Å². The Morgan fingerprint density at radius 2 is 2.03 bits per heavy atom. The summed E-state index contributed by atoms with van der Waals surface area (Å²) >= 11 is 3.35. The summed E-state index contributed by atoms with van der Waals surface area (Å²) in [5.41, 5.74) is 1.47. The molecule has 5 aromatic rings. The van der Waals surface area contributed by atoms with E-state index in [0.29, 0.717) is 70.7 Å². The number of halogens is 1. The number of imidazole rings is 1. The molecular weight excluding hydrogens is 490 g/mol. The van der Waals surface area contributed by atoms with Crippen LogP contribution in [0.4, 0.5) is 0 Å². The van der Waals surface area contributed by atoms with E-state index in [1.54, 1.807) is 10.6 Å². The number of nitrogens with one attached hydrogen (secondary N) is 1. The Bertz CT molecular complexity index is 1450. The molecule has 12 heteroatoms. The highest BCUT2D eigenvalue weighted by atomic mass is 79.9. The van der Waals surface area contributed by atoms with Crippen LogP contribution in [0.1, 0.15) is 44.3 Å². The summed E-state index contributed by atoms with van der Waals surface area (Å²) in [5, 5.41) is 12.6. The number of pyridine rings is 1. The number of hydrogen-bond donors (Lipinski definition) is 1. The fourth-order valence-corrected chi connectivity index (χ4v) is 4.18. The normalized spacial score (nSPS) is 11.7. The number of aryl methyl sites for hydroxylation is 3. The number of hydrogen-bond acceptors (Lipinski definition) is 8. The number of H-pyrrole nitrogens is 1. The van der Waals surface area contributed by atoms with Gasteiger partial charge in [0.1, 0.15) is 11.5 Å². The van der Waals surface area contributed by atoms with Crippen molar-refractivity contribution >= 4 is 32.9 Å². The van der Waals surface area contributed by atoms with Gasteiger partial charge in [-0.2, -0.15) is 4.98 Å². The first-order valence-electron chi connectivity index (χ1n) is 10.9. The average molecular weight is 512 g/mol. The quantitative estimate of drug-likeness (QED) is 0.235. The minimum atomic E-state index is -0.208. The highest BCUT2D eigenvalue weighted by Gasteiger charge is 2.19. The smallest absolute Gasteiger partial charge is 0.286 e. The zero-order valence-electron chi connectivity index (χ0n) is 18.0. The van der Waals surface area contributed by atoms with Crippen LogP contribution in [0.2, 0.25) is 0 Å². The van der Waals surface area contributed by atoms with Crippen LogP contribution in [0, 0.1) is 0 Å². The molecule has 0 spiro atoms. The molecule has 170 valence electrons. The van der Waals surface area contributed by atoms with Gasteiger partial charge >= 0.3 is 0 Å². The molecule has 0 radical (unpaired) electrons. The zero-order chi connectivity index (χ0) is 22.8. The minimum Gasteiger partial charge on any atom is -0.339 e. The van der Waals surface area contributed by atoms with Crippen LogP contribution in [0.3, 0.4) is 0 Å². The summed E-state index contributed by atoms with van der Waals surface area (Å²) in [7, 11) is 0. The number of nitrogens with zero attached hydrogens (tertiary/aromatic N) is 8. The number of aromatic nitrogens is 9. The van der Waals surface area contributed by atoms with Gasteiger partial charge in [-0.15, -0.1) is 10.2 Å². The fraction of sp³-hybridized carbons (Fsp3) is 0.381. The van der Waals surface area contributed by atoms with Gasteiger partial charge in [0.25, 0.3) is 5.56 Å². The van der Waals surface area contributed by atoms with Gasteiger partial charge < -0.3 is 9.51 Å². The molecule has 0 amide bonds. The van der Waals surface area contributed by atoms with Crippen molar-refractivity contribution < 1.29 is 4.52 Å². The third kappa shape index (κ3) is 4.17. The summed E-state index contributed by atoms with van der Waals surface area (Å²) < 4.78 is 9.41. The molecule has 0 saturated heterocycles. The lowest BCUT2D eigenvalue weighted by Crippen LogP contribution is -2.21. The van der Waals surface area contributed by atoms with Crippen molar-refractivity contribution in [1.82, 2.24) is 44.3 Å². The second-order valence-electron chi connectivity index (χ2n) is 7.72. The van der Waals surface area contributed by atoms with E-state index in [9.17, 15) is 4.79 Å². The highest BCUT2D eigenvalue weighted by Crippen LogP contribution is 2.18. The van der Waals surface area contributed by atoms with Crippen molar-refractivity contribution in [2.45, 2.75) is 52.0 Å². The number of unbranched alkanes of at least 4 members (excludes halogenated alkanes) is 2. The Labute approximate surface area is 196 Å². The van der Waals surface area contributed by atoms with Crippen molar-refractivity contribution in [3.05, 3.63) is 51.2 Å². The zero-order valence-corrected chi connectivity index (χ0v) is 19.6. The van der Waals surface area contributed by atoms with Gasteiger partial charge in [-0.3, -0.25) is 14.3 Å². The molecule has 33 heavy (non-hydrogen) atoms. The van der Waals surface area contributed by atoms with Crippen LogP contribution in [0.5, 0.6) is 0 Å². The Morgan fingerprint density at radius 1 is 1.12 bits per heavy atom. The molecule has 5 rings (SSSR count). The van der Waals surface area contributed by atoms with Crippen molar-refractivity contribution in [3.8, 4) is 11.5 Å². The van der Waals surface area contributed by atoms with E-state index in [0.717, 1.165) is 19.3 Å². The molecule has 0 aliphatic heterocycles. The molecule has 0 unspecified atom stereocenters. The maximum absolute atomic E-state index is 13.2. The van der Waals surface area contributed by atoms with E-state index < -0.39 is 0 Å². The van der Waals surface area contributed by atoms with E-state index >= 15 is 0 Å². The Balaban J connectivity index is 1.39. The molecule has 11 nitrogen and oxygen atoms in total. The van der Waals surface area contributed by atoms with Crippen molar-refractivity contribution in [3.63, 3.8) is 0 Å². The maximum atomic E-state index is 13.2. The average Bonchev–Trinajstić information content (AvgIpc) is 3.56. The molecule has 1 N–H and O–H groups in total. The summed E-state index contributed by atoms with van der Waals surface area (Å²) in [5.74, 6) is 2.08. The van der Waals surface area contributed by atoms with Crippen molar-refractivity contribution in [1.29, 1.82) is 0 Å². The molecule has 5 heterocycles. The Morgan fingerprint density at radius 3 is 2.85 bits per heavy atom. The van der Waals surface area contributed by atoms with E-state index in [1.165, 1.54) is 0 Å². The first-order chi connectivity index (χ1) is 16.2. The lowest BCUT2D eigenvalue weighted by Gasteiger charge is -2.09. The molecule has 0 aromatic carbocycles.